The van der Waals surface area contributed by atoms with Gasteiger partial charge >= 0.3 is 0 Å². The van der Waals surface area contributed by atoms with Crippen molar-refractivity contribution in [1.29, 1.82) is 0 Å². The number of ether oxygens (including phenoxy) is 1. The van der Waals surface area contributed by atoms with Gasteiger partial charge in [-0.05, 0) is 12.5 Å². The first-order chi connectivity index (χ1) is 9.36. The summed E-state index contributed by atoms with van der Waals surface area (Å²) in [6, 6.07) is 10.1. The van der Waals surface area contributed by atoms with Gasteiger partial charge in [0.05, 0.1) is 26.3 Å². The molecule has 0 radical (unpaired) electrons. The molecular formula is C15H21N3O. The number of hydrogen-bond donors (Lipinski definition) is 2. The summed E-state index contributed by atoms with van der Waals surface area (Å²) < 4.78 is 5.55. The minimum atomic E-state index is 0.469. The fourth-order valence-electron chi connectivity index (χ4n) is 1.46. The summed E-state index contributed by atoms with van der Waals surface area (Å²) in [5, 5.41) is 6.14. The van der Waals surface area contributed by atoms with E-state index >= 15 is 0 Å². The van der Waals surface area contributed by atoms with Crippen LogP contribution in [0.15, 0.2) is 35.3 Å². The zero-order chi connectivity index (χ0) is 13.8. The third kappa shape index (κ3) is 7.12. The van der Waals surface area contributed by atoms with Crippen molar-refractivity contribution >= 4 is 5.96 Å². The Morgan fingerprint density at radius 3 is 2.79 bits per heavy atom. The van der Waals surface area contributed by atoms with E-state index in [9.17, 15) is 0 Å². The van der Waals surface area contributed by atoms with Gasteiger partial charge in [0.25, 0.3) is 0 Å². The molecule has 0 unspecified atom stereocenters. The highest BCUT2D eigenvalue weighted by Gasteiger charge is 1.95. The normalized spacial score (nSPS) is 10.8. The molecule has 102 valence electrons. The molecule has 1 rings (SSSR count). The molecule has 0 spiro atoms. The largest absolute Gasteiger partial charge is 0.375 e. The Morgan fingerprint density at radius 1 is 1.32 bits per heavy atom. The molecule has 0 amide bonds. The Balaban J connectivity index is 2.21. The van der Waals surface area contributed by atoms with Gasteiger partial charge in [-0.15, -0.1) is 6.42 Å². The van der Waals surface area contributed by atoms with E-state index in [1.165, 1.54) is 5.56 Å². The molecule has 4 heteroatoms. The van der Waals surface area contributed by atoms with Gasteiger partial charge in [-0.1, -0.05) is 36.3 Å². The number of nitrogens with zero attached hydrogens (tertiary/aromatic N) is 1. The van der Waals surface area contributed by atoms with Gasteiger partial charge in [0.2, 0.25) is 0 Å². The Morgan fingerprint density at radius 2 is 2.11 bits per heavy atom. The summed E-state index contributed by atoms with van der Waals surface area (Å²) in [7, 11) is 0. The minimum absolute atomic E-state index is 0.469. The lowest BCUT2D eigenvalue weighted by molar-refractivity contribution is 0.128. The van der Waals surface area contributed by atoms with Crippen molar-refractivity contribution in [3.63, 3.8) is 0 Å². The van der Waals surface area contributed by atoms with Gasteiger partial charge in [-0.25, -0.2) is 0 Å². The van der Waals surface area contributed by atoms with E-state index in [-0.39, 0.29) is 0 Å². The fraction of sp³-hybridized carbons (Fsp3) is 0.400. The lowest BCUT2D eigenvalue weighted by Crippen LogP contribution is -2.37. The van der Waals surface area contributed by atoms with Crippen LogP contribution in [0.1, 0.15) is 12.5 Å². The number of terminal acetylenes is 1. The van der Waals surface area contributed by atoms with Gasteiger partial charge in [-0.2, -0.15) is 0 Å². The smallest absolute Gasteiger partial charge is 0.192 e. The highest BCUT2D eigenvalue weighted by atomic mass is 16.5. The average Bonchev–Trinajstić information content (AvgIpc) is 2.45. The summed E-state index contributed by atoms with van der Waals surface area (Å²) in [6.45, 7) is 5.09. The minimum Gasteiger partial charge on any atom is -0.375 e. The molecule has 4 nitrogen and oxygen atoms in total. The molecule has 0 bridgehead atoms. The highest BCUT2D eigenvalue weighted by Crippen LogP contribution is 1.99. The number of benzene rings is 1. The van der Waals surface area contributed by atoms with Gasteiger partial charge < -0.3 is 15.4 Å². The van der Waals surface area contributed by atoms with Crippen LogP contribution in [-0.2, 0) is 11.3 Å². The molecule has 2 N–H and O–H groups in total. The topological polar surface area (TPSA) is 45.7 Å². The molecule has 0 atom stereocenters. The van der Waals surface area contributed by atoms with E-state index < -0.39 is 0 Å². The van der Waals surface area contributed by atoms with Crippen molar-refractivity contribution in [2.75, 3.05) is 26.2 Å². The second kappa shape index (κ2) is 9.98. The van der Waals surface area contributed by atoms with Gasteiger partial charge in [0, 0.05) is 6.54 Å². The molecule has 0 aromatic heterocycles. The van der Waals surface area contributed by atoms with Crippen molar-refractivity contribution in [3.05, 3.63) is 35.9 Å². The molecular weight excluding hydrogens is 238 g/mol. The van der Waals surface area contributed by atoms with Crippen LogP contribution < -0.4 is 10.6 Å². The molecule has 0 saturated heterocycles. The molecule has 0 aliphatic heterocycles. The van der Waals surface area contributed by atoms with Crippen LogP contribution in [0, 0.1) is 12.3 Å². The number of aliphatic imine (C=N–C) groups is 1. The molecule has 19 heavy (non-hydrogen) atoms. The molecule has 0 heterocycles. The predicted molar refractivity (Wildman–Crippen MR) is 78.9 cm³/mol. The van der Waals surface area contributed by atoms with Crippen molar-refractivity contribution in [1.82, 2.24) is 10.6 Å². The monoisotopic (exact) mass is 259 g/mol. The molecule has 0 aliphatic carbocycles. The van der Waals surface area contributed by atoms with Crippen molar-refractivity contribution in [2.45, 2.75) is 13.5 Å². The third-order valence-electron chi connectivity index (χ3n) is 2.32. The Kier molecular flexibility index (Phi) is 7.92. The maximum atomic E-state index is 5.55. The lowest BCUT2D eigenvalue weighted by Gasteiger charge is -2.08. The van der Waals surface area contributed by atoms with E-state index in [2.05, 4.69) is 21.5 Å². The van der Waals surface area contributed by atoms with E-state index in [0.29, 0.717) is 26.3 Å². The predicted octanol–water partition coefficient (Wildman–Crippen LogP) is 1.39. The maximum Gasteiger partial charge on any atom is 0.192 e. The second-order valence-corrected chi connectivity index (χ2v) is 3.86. The van der Waals surface area contributed by atoms with E-state index in [4.69, 9.17) is 11.2 Å². The molecule has 0 fully saturated rings. The summed E-state index contributed by atoms with van der Waals surface area (Å²) in [4.78, 5) is 4.36. The Bertz CT molecular complexity index is 409. The highest BCUT2D eigenvalue weighted by molar-refractivity contribution is 5.79. The van der Waals surface area contributed by atoms with E-state index in [1.54, 1.807) is 0 Å². The van der Waals surface area contributed by atoms with Crippen LogP contribution in [0.2, 0.25) is 0 Å². The number of hydrogen-bond acceptors (Lipinski definition) is 2. The summed E-state index contributed by atoms with van der Waals surface area (Å²) >= 11 is 0. The van der Waals surface area contributed by atoms with E-state index in [1.807, 2.05) is 37.3 Å². The van der Waals surface area contributed by atoms with Gasteiger partial charge in [0.15, 0.2) is 5.96 Å². The average molecular weight is 259 g/mol. The second-order valence-electron chi connectivity index (χ2n) is 3.86. The lowest BCUT2D eigenvalue weighted by atomic mass is 10.2. The Hall–Kier alpha value is -1.99. The number of nitrogens with one attached hydrogen (secondary N) is 2. The first-order valence-electron chi connectivity index (χ1n) is 6.44. The zero-order valence-corrected chi connectivity index (χ0v) is 11.4. The number of rotatable bonds is 7. The van der Waals surface area contributed by atoms with Gasteiger partial charge in [-0.3, -0.25) is 4.99 Å². The quantitative estimate of drug-likeness (QED) is 0.337. The van der Waals surface area contributed by atoms with Crippen LogP contribution in [-0.4, -0.2) is 32.2 Å². The van der Waals surface area contributed by atoms with Crippen LogP contribution in [0.5, 0.6) is 0 Å². The SMILES string of the molecule is C#CCNC(=NCCOCc1ccccc1)NCC. The van der Waals surface area contributed by atoms with Crippen LogP contribution in [0.4, 0.5) is 0 Å². The van der Waals surface area contributed by atoms with E-state index in [0.717, 1.165) is 12.5 Å². The molecule has 1 aromatic carbocycles. The van der Waals surface area contributed by atoms with Crippen molar-refractivity contribution in [3.8, 4) is 12.3 Å². The van der Waals surface area contributed by atoms with Gasteiger partial charge in [0.1, 0.15) is 0 Å². The van der Waals surface area contributed by atoms with Crippen molar-refractivity contribution in [2.24, 2.45) is 4.99 Å². The first kappa shape index (κ1) is 15.1. The molecule has 0 aliphatic rings. The molecule has 0 saturated carbocycles. The summed E-state index contributed by atoms with van der Waals surface area (Å²) in [5.41, 5.74) is 1.17. The summed E-state index contributed by atoms with van der Waals surface area (Å²) in [6.07, 6.45) is 5.19. The first-order valence-corrected chi connectivity index (χ1v) is 6.44. The van der Waals surface area contributed by atoms with Crippen LogP contribution in [0.3, 0.4) is 0 Å². The fourth-order valence-corrected chi connectivity index (χ4v) is 1.46. The zero-order valence-electron chi connectivity index (χ0n) is 11.4. The standard InChI is InChI=1S/C15H21N3O/c1-3-10-17-15(16-4-2)18-11-12-19-13-14-8-6-5-7-9-14/h1,5-9H,4,10-13H2,2H3,(H2,16,17,18). The third-order valence-corrected chi connectivity index (χ3v) is 2.32. The molecule has 1 aromatic rings. The van der Waals surface area contributed by atoms with Crippen molar-refractivity contribution < 1.29 is 4.74 Å². The maximum absolute atomic E-state index is 5.55. The Labute approximate surface area is 115 Å². The van der Waals surface area contributed by atoms with Crippen LogP contribution in [0.25, 0.3) is 0 Å². The van der Waals surface area contributed by atoms with Crippen LogP contribution >= 0.6 is 0 Å². The summed E-state index contributed by atoms with van der Waals surface area (Å²) in [5.74, 6) is 3.24. The number of guanidine groups is 1.